The largest absolute Gasteiger partial charge is 0.386 e. The van der Waals surface area contributed by atoms with Crippen molar-refractivity contribution >= 4 is 43.9 Å². The molecule has 2 aliphatic rings. The molecule has 8 aromatic rings. The maximum Gasteiger partial charge on any atom is 0.0960 e. The van der Waals surface area contributed by atoms with Gasteiger partial charge >= 0.3 is 0 Å². The van der Waals surface area contributed by atoms with E-state index in [0.717, 1.165) is 141 Å². The van der Waals surface area contributed by atoms with Gasteiger partial charge in [0.05, 0.1) is 92.4 Å². The molecule has 2 aliphatic heterocycles. The highest BCUT2D eigenvalue weighted by atomic mass is 16.5. The zero-order valence-corrected chi connectivity index (χ0v) is 41.2. The second-order valence-corrected chi connectivity index (χ2v) is 19.7. The molecule has 16 nitrogen and oxygen atoms in total. The number of methoxy groups -OCH3 is 2. The third-order valence-corrected chi connectivity index (χ3v) is 14.2. The summed E-state index contributed by atoms with van der Waals surface area (Å²) in [7, 11) is 7.33. The van der Waals surface area contributed by atoms with Gasteiger partial charge in [0.25, 0.3) is 0 Å². The van der Waals surface area contributed by atoms with Gasteiger partial charge in [0.15, 0.2) is 0 Å². The summed E-state index contributed by atoms with van der Waals surface area (Å²) in [5.74, 6) is 0.837. The molecule has 0 radical (unpaired) electrons. The van der Waals surface area contributed by atoms with Crippen molar-refractivity contribution in [1.82, 2.24) is 49.1 Å². The fourth-order valence-electron chi connectivity index (χ4n) is 10.6. The third kappa shape index (κ3) is 8.93. The van der Waals surface area contributed by atoms with Crippen molar-refractivity contribution in [3.05, 3.63) is 83.4 Å². The lowest BCUT2D eigenvalue weighted by atomic mass is 9.91. The van der Waals surface area contributed by atoms with Gasteiger partial charge in [-0.2, -0.15) is 0 Å². The molecule has 0 aliphatic carbocycles. The highest BCUT2D eigenvalue weighted by Crippen LogP contribution is 2.42. The average Bonchev–Trinajstić information content (AvgIpc) is 4.05. The first-order valence-electron chi connectivity index (χ1n) is 23.8. The van der Waals surface area contributed by atoms with E-state index < -0.39 is 11.2 Å². The van der Waals surface area contributed by atoms with E-state index in [1.807, 2.05) is 80.2 Å². The van der Waals surface area contributed by atoms with E-state index in [1.54, 1.807) is 23.6 Å². The Labute approximate surface area is 397 Å². The summed E-state index contributed by atoms with van der Waals surface area (Å²) in [5.41, 5.74) is 11.6. The predicted octanol–water partition coefficient (Wildman–Crippen LogP) is 8.27. The van der Waals surface area contributed by atoms with Crippen LogP contribution in [0, 0.1) is 25.7 Å². The predicted molar refractivity (Wildman–Crippen MR) is 263 cm³/mol. The van der Waals surface area contributed by atoms with Crippen LogP contribution < -0.4 is 0 Å². The Morgan fingerprint density at radius 1 is 0.603 bits per heavy atom. The van der Waals surface area contributed by atoms with E-state index in [-0.39, 0.29) is 12.1 Å². The number of aliphatic hydroxyl groups is 2. The molecule has 0 saturated carbocycles. The quantitative estimate of drug-likeness (QED) is 0.120. The summed E-state index contributed by atoms with van der Waals surface area (Å²) < 4.78 is 31.2. The molecule has 16 heteroatoms. The van der Waals surface area contributed by atoms with Gasteiger partial charge in [0, 0.05) is 89.0 Å². The van der Waals surface area contributed by atoms with E-state index >= 15 is 0 Å². The molecule has 8 heterocycles. The van der Waals surface area contributed by atoms with Crippen LogP contribution in [0.3, 0.4) is 0 Å². The molecule has 2 unspecified atom stereocenters. The Hall–Kier alpha value is -5.62. The Morgan fingerprint density at radius 3 is 1.31 bits per heavy atom. The molecule has 2 N–H and O–H groups in total. The molecule has 360 valence electrons. The Balaban J connectivity index is 0.000000170. The van der Waals surface area contributed by atoms with Crippen LogP contribution in [0.5, 0.6) is 0 Å². The molecule has 0 amide bonds. The molecular formula is C52H66N10O6. The minimum absolute atomic E-state index is 0.119. The maximum absolute atomic E-state index is 10.8. The van der Waals surface area contributed by atoms with Crippen LogP contribution in [-0.4, -0.2) is 113 Å². The summed E-state index contributed by atoms with van der Waals surface area (Å²) in [4.78, 5) is 9.86. The van der Waals surface area contributed by atoms with Crippen molar-refractivity contribution in [1.29, 1.82) is 0 Å². The number of aromatic nitrogens is 10. The molecule has 2 fully saturated rings. The molecule has 68 heavy (non-hydrogen) atoms. The van der Waals surface area contributed by atoms with E-state index in [4.69, 9.17) is 28.9 Å². The van der Waals surface area contributed by atoms with Crippen LogP contribution in [0.25, 0.3) is 66.4 Å². The number of benzene rings is 2. The first-order valence-corrected chi connectivity index (χ1v) is 23.8. The second-order valence-electron chi connectivity index (χ2n) is 19.7. The van der Waals surface area contributed by atoms with E-state index in [0.29, 0.717) is 25.0 Å². The van der Waals surface area contributed by atoms with Gasteiger partial charge < -0.3 is 38.3 Å². The molecular weight excluding hydrogens is 861 g/mol. The Kier molecular flexibility index (Phi) is 13.3. The van der Waals surface area contributed by atoms with Gasteiger partial charge in [-0.3, -0.25) is 9.97 Å². The van der Waals surface area contributed by atoms with Crippen LogP contribution in [0.4, 0.5) is 0 Å². The first kappa shape index (κ1) is 47.4. The van der Waals surface area contributed by atoms with Crippen LogP contribution in [0.2, 0.25) is 0 Å². The highest BCUT2D eigenvalue weighted by Gasteiger charge is 2.32. The van der Waals surface area contributed by atoms with Crippen LogP contribution in [-0.2, 0) is 44.2 Å². The van der Waals surface area contributed by atoms with E-state index in [9.17, 15) is 10.2 Å². The minimum atomic E-state index is -0.943. The number of nitrogens with zero attached hydrogens (tertiary/aromatic N) is 10. The van der Waals surface area contributed by atoms with Gasteiger partial charge in [-0.25, -0.2) is 9.36 Å². The lowest BCUT2D eigenvalue weighted by Gasteiger charge is -2.32. The van der Waals surface area contributed by atoms with Gasteiger partial charge in [-0.15, -0.1) is 10.2 Å². The van der Waals surface area contributed by atoms with Crippen molar-refractivity contribution in [3.8, 4) is 22.5 Å². The lowest BCUT2D eigenvalue weighted by Crippen LogP contribution is -2.29. The number of hydrogen-bond donors (Lipinski definition) is 2. The van der Waals surface area contributed by atoms with Crippen molar-refractivity contribution in [2.45, 2.75) is 90.5 Å². The molecule has 10 rings (SSSR count). The zero-order valence-electron chi connectivity index (χ0n) is 41.2. The molecule has 6 aromatic heterocycles. The number of ether oxygens (including phenoxy) is 4. The fourth-order valence-corrected chi connectivity index (χ4v) is 10.6. The summed E-state index contributed by atoms with van der Waals surface area (Å²) in [6, 6.07) is 17.0. The van der Waals surface area contributed by atoms with E-state index in [1.165, 1.54) is 0 Å². The molecule has 0 bridgehead atoms. The Morgan fingerprint density at radius 2 is 0.985 bits per heavy atom. The number of fused-ring (bicyclic) bond motifs is 6. The highest BCUT2D eigenvalue weighted by molar-refractivity contribution is 6.08. The van der Waals surface area contributed by atoms with Gasteiger partial charge in [0.1, 0.15) is 0 Å². The van der Waals surface area contributed by atoms with E-state index in [2.05, 4.69) is 66.2 Å². The van der Waals surface area contributed by atoms with Crippen LogP contribution in [0.15, 0.2) is 60.9 Å². The summed E-state index contributed by atoms with van der Waals surface area (Å²) in [5, 5.41) is 40.5. The second kappa shape index (κ2) is 19.1. The van der Waals surface area contributed by atoms with Crippen molar-refractivity contribution < 1.29 is 29.2 Å². The Bertz CT molecular complexity index is 2820. The molecule has 2 atom stereocenters. The summed E-state index contributed by atoms with van der Waals surface area (Å²) in [6.07, 6.45) is 7.75. The van der Waals surface area contributed by atoms with Crippen molar-refractivity contribution in [2.75, 3.05) is 53.9 Å². The molecule has 2 saturated heterocycles. The van der Waals surface area contributed by atoms with Crippen molar-refractivity contribution in [3.63, 3.8) is 0 Å². The summed E-state index contributed by atoms with van der Waals surface area (Å²) >= 11 is 0. The number of hydrogen-bond acceptors (Lipinski definition) is 12. The minimum Gasteiger partial charge on any atom is -0.386 e. The SMILES string of the molecule is COCC(C1CCOCC1)n1c2cc(C(C)(C)O)ccc2c2ncc(-c3c(C)nnn3C)cc21.COCC(C1CCOCC1)n1c2cc(C(C)(C)O)ccc2c2ncc(-c3c(C)nnn3C)cc21. The average molecular weight is 927 g/mol. The molecule has 0 spiro atoms. The zero-order chi connectivity index (χ0) is 48.1. The standard InChI is InChI=1S/2C26H33N5O3/c2*1-16-25(30(4)29-28-16)18-12-22-24(27-14-18)20-7-6-19(26(2,3)32)13-21(20)31(22)23(15-33-5)17-8-10-34-11-9-17/h2*6-7,12-14,17,23,32H,8-11,15H2,1-5H3. The first-order chi connectivity index (χ1) is 32.6. The van der Waals surface area contributed by atoms with Crippen LogP contribution >= 0.6 is 0 Å². The number of pyridine rings is 2. The number of aryl methyl sites for hydroxylation is 4. The van der Waals surface area contributed by atoms with Gasteiger partial charge in [-0.1, -0.05) is 34.7 Å². The van der Waals surface area contributed by atoms with Crippen LogP contribution in [0.1, 0.15) is 88.0 Å². The lowest BCUT2D eigenvalue weighted by molar-refractivity contribution is 0.0310. The maximum atomic E-state index is 10.8. The smallest absolute Gasteiger partial charge is 0.0960 e. The van der Waals surface area contributed by atoms with Gasteiger partial charge in [0.2, 0.25) is 0 Å². The normalized spacial score (nSPS) is 16.5. The fraction of sp³-hybridized carbons (Fsp3) is 0.500. The molecule has 2 aromatic carbocycles. The third-order valence-electron chi connectivity index (χ3n) is 14.2. The number of rotatable bonds is 12. The van der Waals surface area contributed by atoms with Crippen molar-refractivity contribution in [2.24, 2.45) is 25.9 Å². The topological polar surface area (TPSA) is 174 Å². The van der Waals surface area contributed by atoms with Gasteiger partial charge in [-0.05, 0) is 114 Å². The monoisotopic (exact) mass is 927 g/mol. The summed E-state index contributed by atoms with van der Waals surface area (Å²) in [6.45, 7) is 15.4.